The molecule has 0 fully saturated rings. The summed E-state index contributed by atoms with van der Waals surface area (Å²) in [5, 5.41) is 21.7. The maximum atomic E-state index is 9.26. The van der Waals surface area contributed by atoms with Crippen molar-refractivity contribution in [3.05, 3.63) is 64.7 Å². The lowest BCUT2D eigenvalue weighted by Crippen LogP contribution is -2.08. The third kappa shape index (κ3) is 3.04. The van der Waals surface area contributed by atoms with Crippen molar-refractivity contribution in [2.45, 2.75) is 6.04 Å². The van der Waals surface area contributed by atoms with Gasteiger partial charge in [-0.05, 0) is 29.8 Å². The van der Waals surface area contributed by atoms with E-state index in [0.717, 1.165) is 5.56 Å². The highest BCUT2D eigenvalue weighted by Gasteiger charge is 2.12. The average molecular weight is 268 g/mol. The van der Waals surface area contributed by atoms with Crippen molar-refractivity contribution < 1.29 is 0 Å². The maximum absolute atomic E-state index is 9.26. The number of hydrogen-bond donors (Lipinski definition) is 1. The smallest absolute Gasteiger partial charge is 0.140 e. The Morgan fingerprint density at radius 2 is 1.84 bits per heavy atom. The molecule has 92 valence electrons. The Hall–Kier alpha value is -2.49. The highest BCUT2D eigenvalue weighted by atomic mass is 35.5. The van der Waals surface area contributed by atoms with E-state index in [9.17, 15) is 5.26 Å². The van der Waals surface area contributed by atoms with Crippen LogP contribution in [-0.4, -0.2) is 0 Å². The van der Waals surface area contributed by atoms with Crippen LogP contribution in [-0.2, 0) is 0 Å². The third-order valence-corrected chi connectivity index (χ3v) is 2.98. The summed E-state index contributed by atoms with van der Waals surface area (Å²) in [6, 6.07) is 17.9. The number of nitrogens with one attached hydrogen (secondary N) is 1. The molecule has 0 aliphatic carbocycles. The van der Waals surface area contributed by atoms with Gasteiger partial charge in [-0.3, -0.25) is 0 Å². The monoisotopic (exact) mass is 267 g/mol. The van der Waals surface area contributed by atoms with Crippen LogP contribution in [0.3, 0.4) is 0 Å². The normalized spacial score (nSPS) is 11.1. The van der Waals surface area contributed by atoms with Crippen LogP contribution in [0.4, 0.5) is 5.69 Å². The zero-order valence-electron chi connectivity index (χ0n) is 9.97. The van der Waals surface area contributed by atoms with Crippen molar-refractivity contribution in [1.29, 1.82) is 10.5 Å². The van der Waals surface area contributed by atoms with Crippen LogP contribution in [0.15, 0.2) is 48.5 Å². The summed E-state index contributed by atoms with van der Waals surface area (Å²) in [4.78, 5) is 0. The number of rotatable bonds is 3. The molecular weight excluding hydrogens is 258 g/mol. The zero-order chi connectivity index (χ0) is 13.7. The highest BCUT2D eigenvalue weighted by Crippen LogP contribution is 2.25. The fraction of sp³-hybridized carbons (Fsp3) is 0.0667. The summed E-state index contributed by atoms with van der Waals surface area (Å²) in [5.74, 6) is 0. The first-order valence-corrected chi connectivity index (χ1v) is 6.03. The first-order valence-electron chi connectivity index (χ1n) is 5.65. The lowest BCUT2D eigenvalue weighted by atomic mass is 10.0. The molecule has 0 saturated heterocycles. The number of hydrogen-bond acceptors (Lipinski definition) is 3. The van der Waals surface area contributed by atoms with Crippen LogP contribution >= 0.6 is 11.6 Å². The van der Waals surface area contributed by atoms with Crippen molar-refractivity contribution >= 4 is 17.3 Å². The lowest BCUT2D eigenvalue weighted by molar-refractivity contribution is 0.996. The summed E-state index contributed by atoms with van der Waals surface area (Å²) >= 11 is 6.05. The molecule has 0 radical (unpaired) electrons. The topological polar surface area (TPSA) is 59.6 Å². The first kappa shape index (κ1) is 13.0. The van der Waals surface area contributed by atoms with E-state index in [-0.39, 0.29) is 0 Å². The quantitative estimate of drug-likeness (QED) is 0.918. The molecule has 0 bridgehead atoms. The van der Waals surface area contributed by atoms with Gasteiger partial charge >= 0.3 is 0 Å². The van der Waals surface area contributed by atoms with Crippen LogP contribution in [0.25, 0.3) is 0 Å². The number of nitrogens with zero attached hydrogens (tertiary/aromatic N) is 2. The number of benzene rings is 2. The highest BCUT2D eigenvalue weighted by molar-refractivity contribution is 6.33. The number of para-hydroxylation sites is 1. The molecule has 0 aliphatic heterocycles. The van der Waals surface area contributed by atoms with Gasteiger partial charge in [0.15, 0.2) is 0 Å². The predicted molar refractivity (Wildman–Crippen MR) is 74.6 cm³/mol. The summed E-state index contributed by atoms with van der Waals surface area (Å²) in [6.45, 7) is 0. The van der Waals surface area contributed by atoms with E-state index in [2.05, 4.69) is 17.5 Å². The molecule has 2 rings (SSSR count). The molecule has 1 N–H and O–H groups in total. The molecule has 1 atom stereocenters. The summed E-state index contributed by atoms with van der Waals surface area (Å²) < 4.78 is 0. The predicted octanol–water partition coefficient (Wildman–Crippen LogP) is 3.89. The van der Waals surface area contributed by atoms with E-state index in [0.29, 0.717) is 16.3 Å². The van der Waals surface area contributed by atoms with Gasteiger partial charge in [-0.25, -0.2) is 0 Å². The molecule has 0 spiro atoms. The van der Waals surface area contributed by atoms with Crippen molar-refractivity contribution in [2.24, 2.45) is 0 Å². The Bertz CT molecular complexity index is 668. The van der Waals surface area contributed by atoms with Crippen molar-refractivity contribution in [3.63, 3.8) is 0 Å². The van der Waals surface area contributed by atoms with Gasteiger partial charge < -0.3 is 5.32 Å². The third-order valence-electron chi connectivity index (χ3n) is 2.65. The molecule has 0 amide bonds. The van der Waals surface area contributed by atoms with Crippen LogP contribution in [0, 0.1) is 22.7 Å². The molecule has 2 aromatic rings. The fourth-order valence-corrected chi connectivity index (χ4v) is 1.90. The number of halogens is 1. The molecule has 1 unspecified atom stereocenters. The van der Waals surface area contributed by atoms with E-state index >= 15 is 0 Å². The standard InChI is InChI=1S/C15H10ClN3/c16-13-6-1-2-7-14(13)19-15(10-18)12-5-3-4-11(8-12)9-17/h1-8,15,19H. The Balaban J connectivity index is 2.29. The van der Waals surface area contributed by atoms with Gasteiger partial charge in [-0.15, -0.1) is 0 Å². The minimum atomic E-state index is -0.548. The maximum Gasteiger partial charge on any atom is 0.140 e. The average Bonchev–Trinajstić information content (AvgIpc) is 2.46. The molecule has 2 aromatic carbocycles. The summed E-state index contributed by atoms with van der Waals surface area (Å²) in [5.41, 5.74) is 1.96. The van der Waals surface area contributed by atoms with E-state index < -0.39 is 6.04 Å². The van der Waals surface area contributed by atoms with E-state index in [4.69, 9.17) is 16.9 Å². The van der Waals surface area contributed by atoms with Crippen LogP contribution in [0.1, 0.15) is 17.2 Å². The van der Waals surface area contributed by atoms with Gasteiger partial charge in [0.05, 0.1) is 28.4 Å². The van der Waals surface area contributed by atoms with Gasteiger partial charge in [0, 0.05) is 0 Å². The molecular formula is C15H10ClN3. The molecule has 3 nitrogen and oxygen atoms in total. The summed E-state index contributed by atoms with van der Waals surface area (Å²) in [7, 11) is 0. The SMILES string of the molecule is N#Cc1cccc(C(C#N)Nc2ccccc2Cl)c1. The minimum absolute atomic E-state index is 0.527. The first-order chi connectivity index (χ1) is 9.24. The van der Waals surface area contributed by atoms with Crippen LogP contribution < -0.4 is 5.32 Å². The summed E-state index contributed by atoms with van der Waals surface area (Å²) in [6.07, 6.45) is 0. The Morgan fingerprint density at radius 1 is 1.05 bits per heavy atom. The molecule has 0 heterocycles. The molecule has 0 aliphatic rings. The van der Waals surface area contributed by atoms with Gasteiger partial charge in [0.25, 0.3) is 0 Å². The van der Waals surface area contributed by atoms with Crippen molar-refractivity contribution in [2.75, 3.05) is 5.32 Å². The molecule has 0 aromatic heterocycles. The van der Waals surface area contributed by atoms with E-state index in [1.807, 2.05) is 12.1 Å². The lowest BCUT2D eigenvalue weighted by Gasteiger charge is -2.14. The van der Waals surface area contributed by atoms with Crippen molar-refractivity contribution in [1.82, 2.24) is 0 Å². The fourth-order valence-electron chi connectivity index (χ4n) is 1.71. The van der Waals surface area contributed by atoms with Crippen LogP contribution in [0.2, 0.25) is 5.02 Å². The van der Waals surface area contributed by atoms with E-state index in [1.165, 1.54) is 0 Å². The second-order valence-corrected chi connectivity index (χ2v) is 4.33. The molecule has 0 saturated carbocycles. The molecule has 4 heteroatoms. The minimum Gasteiger partial charge on any atom is -0.365 e. The Kier molecular flexibility index (Phi) is 4.03. The van der Waals surface area contributed by atoms with Gasteiger partial charge in [0.1, 0.15) is 6.04 Å². The Morgan fingerprint density at radius 3 is 2.53 bits per heavy atom. The Labute approximate surface area is 116 Å². The second kappa shape index (κ2) is 5.91. The van der Waals surface area contributed by atoms with Gasteiger partial charge in [0.2, 0.25) is 0 Å². The second-order valence-electron chi connectivity index (χ2n) is 3.92. The number of nitriles is 2. The van der Waals surface area contributed by atoms with Gasteiger partial charge in [-0.2, -0.15) is 10.5 Å². The van der Waals surface area contributed by atoms with E-state index in [1.54, 1.807) is 36.4 Å². The molecule has 19 heavy (non-hydrogen) atoms. The number of anilines is 1. The zero-order valence-corrected chi connectivity index (χ0v) is 10.7. The van der Waals surface area contributed by atoms with Crippen LogP contribution in [0.5, 0.6) is 0 Å². The largest absolute Gasteiger partial charge is 0.365 e. The van der Waals surface area contributed by atoms with Gasteiger partial charge in [-0.1, -0.05) is 35.9 Å². The van der Waals surface area contributed by atoms with Crippen molar-refractivity contribution in [3.8, 4) is 12.1 Å².